The lowest BCUT2D eigenvalue weighted by Gasteiger charge is -2.30. The van der Waals surface area contributed by atoms with Gasteiger partial charge in [0.15, 0.2) is 0 Å². The molecule has 1 aliphatic heterocycles. The summed E-state index contributed by atoms with van der Waals surface area (Å²) >= 11 is 0. The average molecular weight is 259 g/mol. The molecule has 0 bridgehead atoms. The van der Waals surface area contributed by atoms with Crippen molar-refractivity contribution in [1.29, 1.82) is 0 Å². The Morgan fingerprint density at radius 1 is 1.53 bits per heavy atom. The Kier molecular flexibility index (Phi) is 4.74. The van der Waals surface area contributed by atoms with Gasteiger partial charge in [-0.2, -0.15) is 0 Å². The van der Waals surface area contributed by atoms with Gasteiger partial charge in [-0.3, -0.25) is 4.90 Å². The number of hydrogen-bond acceptors (Lipinski definition) is 2. The topological polar surface area (TPSA) is 40.5 Å². The van der Waals surface area contributed by atoms with Gasteiger partial charge in [0.05, 0.1) is 0 Å². The van der Waals surface area contributed by atoms with Crippen molar-refractivity contribution in [2.45, 2.75) is 26.3 Å². The summed E-state index contributed by atoms with van der Waals surface area (Å²) in [6.07, 6.45) is 5.43. The van der Waals surface area contributed by atoms with Crippen LogP contribution < -0.4 is 0 Å². The predicted molar refractivity (Wildman–Crippen MR) is 76.8 cm³/mol. The van der Waals surface area contributed by atoms with Crippen molar-refractivity contribution in [1.82, 2.24) is 4.90 Å². The van der Waals surface area contributed by atoms with Crippen LogP contribution in [0.4, 0.5) is 0 Å². The molecule has 0 spiro atoms. The second-order valence-corrected chi connectivity index (χ2v) is 5.40. The Hall–Kier alpha value is -1.61. The number of aliphatic carboxylic acids is 1. The third kappa shape index (κ3) is 4.52. The summed E-state index contributed by atoms with van der Waals surface area (Å²) in [4.78, 5) is 13.0. The summed E-state index contributed by atoms with van der Waals surface area (Å²) < 4.78 is 0. The van der Waals surface area contributed by atoms with Gasteiger partial charge in [-0.25, -0.2) is 4.79 Å². The Balaban J connectivity index is 2.00. The van der Waals surface area contributed by atoms with Crippen molar-refractivity contribution in [3.05, 3.63) is 41.5 Å². The molecule has 19 heavy (non-hydrogen) atoms. The van der Waals surface area contributed by atoms with Crippen LogP contribution in [0, 0.1) is 5.92 Å². The molecule has 1 N–H and O–H groups in total. The second-order valence-electron chi connectivity index (χ2n) is 5.40. The Morgan fingerprint density at radius 3 is 3.11 bits per heavy atom. The van der Waals surface area contributed by atoms with Gasteiger partial charge in [-0.15, -0.1) is 0 Å². The van der Waals surface area contributed by atoms with Gasteiger partial charge >= 0.3 is 5.97 Å². The summed E-state index contributed by atoms with van der Waals surface area (Å²) in [5, 5.41) is 8.64. The Bertz CT molecular complexity index is 468. The highest BCUT2D eigenvalue weighted by Crippen LogP contribution is 2.18. The molecule has 2 rings (SSSR count). The van der Waals surface area contributed by atoms with E-state index in [0.717, 1.165) is 24.6 Å². The maximum Gasteiger partial charge on any atom is 0.328 e. The van der Waals surface area contributed by atoms with E-state index >= 15 is 0 Å². The molecule has 1 aromatic carbocycles. The lowest BCUT2D eigenvalue weighted by molar-refractivity contribution is -0.131. The predicted octanol–water partition coefficient (Wildman–Crippen LogP) is 3.02. The van der Waals surface area contributed by atoms with Crippen LogP contribution in [0.3, 0.4) is 0 Å². The van der Waals surface area contributed by atoms with Crippen molar-refractivity contribution >= 4 is 12.0 Å². The number of carboxylic acid groups (broad SMARTS) is 1. The smallest absolute Gasteiger partial charge is 0.328 e. The molecule has 3 heteroatoms. The second kappa shape index (κ2) is 6.53. The molecule has 0 aliphatic carbocycles. The molecule has 1 heterocycles. The fraction of sp³-hybridized carbons (Fsp3) is 0.438. The highest BCUT2D eigenvalue weighted by atomic mass is 16.4. The van der Waals surface area contributed by atoms with Gasteiger partial charge in [0, 0.05) is 19.2 Å². The van der Waals surface area contributed by atoms with Crippen LogP contribution in [-0.4, -0.2) is 29.1 Å². The first-order valence-corrected chi connectivity index (χ1v) is 6.86. The third-order valence-corrected chi connectivity index (χ3v) is 3.52. The number of benzene rings is 1. The summed E-state index contributed by atoms with van der Waals surface area (Å²) in [6, 6.07) is 8.10. The van der Waals surface area contributed by atoms with Gasteiger partial charge in [-0.1, -0.05) is 31.2 Å². The Morgan fingerprint density at radius 2 is 2.37 bits per heavy atom. The SMILES string of the molecule is CC1CCCN(Cc2cccc(/C=C/C(=O)O)c2)C1. The molecule has 102 valence electrons. The number of carboxylic acids is 1. The first-order chi connectivity index (χ1) is 9.13. The third-order valence-electron chi connectivity index (χ3n) is 3.52. The molecule has 1 aromatic rings. The highest BCUT2D eigenvalue weighted by molar-refractivity contribution is 5.85. The molecule has 0 saturated carbocycles. The molecule has 1 fully saturated rings. The van der Waals surface area contributed by atoms with Crippen LogP contribution in [0.5, 0.6) is 0 Å². The normalized spacial score (nSPS) is 20.8. The summed E-state index contributed by atoms with van der Waals surface area (Å²) in [6.45, 7) is 5.59. The molecule has 0 radical (unpaired) electrons. The zero-order valence-electron chi connectivity index (χ0n) is 11.4. The van der Waals surface area contributed by atoms with Gasteiger partial charge in [0.2, 0.25) is 0 Å². The van der Waals surface area contributed by atoms with Crippen LogP contribution >= 0.6 is 0 Å². The van der Waals surface area contributed by atoms with Crippen LogP contribution in [0.15, 0.2) is 30.3 Å². The van der Waals surface area contributed by atoms with E-state index < -0.39 is 5.97 Å². The number of hydrogen-bond donors (Lipinski definition) is 1. The largest absolute Gasteiger partial charge is 0.478 e. The van der Waals surface area contributed by atoms with Crippen LogP contribution in [-0.2, 0) is 11.3 Å². The number of nitrogens with zero attached hydrogens (tertiary/aromatic N) is 1. The van der Waals surface area contributed by atoms with Gasteiger partial charge in [0.1, 0.15) is 0 Å². The summed E-state index contributed by atoms with van der Waals surface area (Å²) in [7, 11) is 0. The first-order valence-electron chi connectivity index (χ1n) is 6.86. The zero-order chi connectivity index (χ0) is 13.7. The van der Waals surface area contributed by atoms with Crippen LogP contribution in [0.2, 0.25) is 0 Å². The zero-order valence-corrected chi connectivity index (χ0v) is 11.4. The number of likely N-dealkylation sites (tertiary alicyclic amines) is 1. The monoisotopic (exact) mass is 259 g/mol. The molecule has 3 nitrogen and oxygen atoms in total. The van der Waals surface area contributed by atoms with E-state index in [-0.39, 0.29) is 0 Å². The first kappa shape index (κ1) is 13.8. The number of piperidine rings is 1. The van der Waals surface area contributed by atoms with Crippen molar-refractivity contribution in [2.24, 2.45) is 5.92 Å². The van der Waals surface area contributed by atoms with Crippen molar-refractivity contribution in [3.63, 3.8) is 0 Å². The van der Waals surface area contributed by atoms with Crippen LogP contribution in [0.25, 0.3) is 6.08 Å². The highest BCUT2D eigenvalue weighted by Gasteiger charge is 2.15. The fourth-order valence-electron chi connectivity index (χ4n) is 2.65. The standard InChI is InChI=1S/C16H21NO2/c1-13-4-3-9-17(11-13)12-15-6-2-5-14(10-15)7-8-16(18)19/h2,5-8,10,13H,3-4,9,11-12H2,1H3,(H,18,19)/b8-7+. The molecule has 1 unspecified atom stereocenters. The van der Waals surface area contributed by atoms with E-state index in [1.165, 1.54) is 31.0 Å². The summed E-state index contributed by atoms with van der Waals surface area (Å²) in [5.41, 5.74) is 2.20. The Labute approximate surface area is 114 Å². The minimum absolute atomic E-state index is 0.781. The quantitative estimate of drug-likeness (QED) is 0.845. The maximum atomic E-state index is 10.5. The van der Waals surface area contributed by atoms with Gasteiger partial charge < -0.3 is 5.11 Å². The maximum absolute atomic E-state index is 10.5. The molecular weight excluding hydrogens is 238 g/mol. The molecule has 1 saturated heterocycles. The lowest BCUT2D eigenvalue weighted by Crippen LogP contribution is -2.33. The van der Waals surface area contributed by atoms with E-state index in [0.29, 0.717) is 0 Å². The van der Waals surface area contributed by atoms with Crippen LogP contribution in [0.1, 0.15) is 30.9 Å². The van der Waals surface area contributed by atoms with E-state index in [1.807, 2.05) is 12.1 Å². The number of rotatable bonds is 4. The fourth-order valence-corrected chi connectivity index (χ4v) is 2.65. The lowest BCUT2D eigenvalue weighted by atomic mass is 9.99. The molecular formula is C16H21NO2. The van der Waals surface area contributed by atoms with Crippen molar-refractivity contribution in [2.75, 3.05) is 13.1 Å². The van der Waals surface area contributed by atoms with Crippen molar-refractivity contribution in [3.8, 4) is 0 Å². The molecule has 1 aliphatic rings. The number of carbonyl (C=O) groups is 1. The molecule has 0 amide bonds. The summed E-state index contributed by atoms with van der Waals surface area (Å²) in [5.74, 6) is -0.126. The van der Waals surface area contributed by atoms with Gasteiger partial charge in [0.25, 0.3) is 0 Å². The van der Waals surface area contributed by atoms with E-state index in [2.05, 4.69) is 24.0 Å². The average Bonchev–Trinajstić information content (AvgIpc) is 2.37. The van der Waals surface area contributed by atoms with E-state index in [4.69, 9.17) is 5.11 Å². The molecule has 0 aromatic heterocycles. The molecule has 1 atom stereocenters. The van der Waals surface area contributed by atoms with E-state index in [1.54, 1.807) is 6.08 Å². The van der Waals surface area contributed by atoms with Gasteiger partial charge in [-0.05, 0) is 42.5 Å². The minimum Gasteiger partial charge on any atom is -0.478 e. The van der Waals surface area contributed by atoms with E-state index in [9.17, 15) is 4.79 Å². The minimum atomic E-state index is -0.907. The van der Waals surface area contributed by atoms with Crippen molar-refractivity contribution < 1.29 is 9.90 Å².